The molecule has 3 aliphatic rings. The summed E-state index contributed by atoms with van der Waals surface area (Å²) in [5.74, 6) is -0.542. The van der Waals surface area contributed by atoms with Gasteiger partial charge in [-0.2, -0.15) is 0 Å². The van der Waals surface area contributed by atoms with Crippen molar-refractivity contribution in [2.24, 2.45) is 0 Å². The molecule has 4 rings (SSSR count). The van der Waals surface area contributed by atoms with E-state index < -0.39 is 6.10 Å². The summed E-state index contributed by atoms with van der Waals surface area (Å²) in [7, 11) is 0. The van der Waals surface area contributed by atoms with Crippen molar-refractivity contribution in [3.8, 4) is 17.2 Å². The summed E-state index contributed by atoms with van der Waals surface area (Å²) in [5.41, 5.74) is 3.53. The standard InChI is InChI=1S/C19H20O5/c1-7-4-12-17(22)16-14(21)5-10-8(2)9(3)13(20)6-11(10)15(16)18(23)19(12)24-7/h5,7,11,13,20,22-23H,4,6H2,1-3H3/t7-,11+,13+/m0/s1. The van der Waals surface area contributed by atoms with E-state index in [9.17, 15) is 20.1 Å². The van der Waals surface area contributed by atoms with Crippen LogP contribution in [0.5, 0.6) is 17.2 Å². The summed E-state index contributed by atoms with van der Waals surface area (Å²) in [5, 5.41) is 31.7. The molecule has 1 aromatic rings. The van der Waals surface area contributed by atoms with Crippen molar-refractivity contribution >= 4 is 5.78 Å². The van der Waals surface area contributed by atoms with Crippen LogP contribution in [0.3, 0.4) is 0 Å². The number of phenols is 2. The van der Waals surface area contributed by atoms with Crippen molar-refractivity contribution < 1.29 is 24.9 Å². The molecule has 0 saturated carbocycles. The molecule has 0 bridgehead atoms. The Hall–Kier alpha value is -2.27. The monoisotopic (exact) mass is 328 g/mol. The van der Waals surface area contributed by atoms with Crippen LogP contribution in [0.2, 0.25) is 0 Å². The van der Waals surface area contributed by atoms with Crippen LogP contribution in [-0.4, -0.2) is 33.3 Å². The second-order valence-electron chi connectivity index (χ2n) is 7.00. The lowest BCUT2D eigenvalue weighted by molar-refractivity contribution is 0.103. The SMILES string of the molecule is CC1=C(C)[C@H](O)C[C@@H]2C1=CC(=O)c1c(O)c3c(c(O)c12)O[C@@H](C)C3. The fraction of sp³-hybridized carbons (Fsp3) is 0.421. The Morgan fingerprint density at radius 3 is 2.62 bits per heavy atom. The predicted molar refractivity (Wildman–Crippen MR) is 87.7 cm³/mol. The maximum absolute atomic E-state index is 12.7. The Balaban J connectivity index is 2.00. The summed E-state index contributed by atoms with van der Waals surface area (Å²) >= 11 is 0. The highest BCUT2D eigenvalue weighted by Crippen LogP contribution is 2.55. The van der Waals surface area contributed by atoms with Crippen molar-refractivity contribution in [1.29, 1.82) is 0 Å². The molecule has 5 heteroatoms. The largest absolute Gasteiger partial charge is 0.507 e. The molecule has 0 radical (unpaired) electrons. The number of phenolic OH excluding ortho intramolecular Hbond substituents is 2. The third-order valence-corrected chi connectivity index (χ3v) is 5.59. The molecule has 126 valence electrons. The smallest absolute Gasteiger partial charge is 0.190 e. The molecule has 1 aromatic carbocycles. The number of carbonyl (C=O) groups is 1. The Morgan fingerprint density at radius 1 is 1.21 bits per heavy atom. The highest BCUT2D eigenvalue weighted by Gasteiger charge is 2.42. The van der Waals surface area contributed by atoms with Gasteiger partial charge in [0.25, 0.3) is 0 Å². The number of ketones is 1. The number of hydrogen-bond acceptors (Lipinski definition) is 5. The van der Waals surface area contributed by atoms with Gasteiger partial charge in [0.05, 0.1) is 11.7 Å². The van der Waals surface area contributed by atoms with Crippen molar-refractivity contribution in [3.63, 3.8) is 0 Å². The number of carbonyl (C=O) groups excluding carboxylic acids is 1. The summed E-state index contributed by atoms with van der Waals surface area (Å²) < 4.78 is 5.66. The van der Waals surface area contributed by atoms with Gasteiger partial charge in [0.2, 0.25) is 0 Å². The predicted octanol–water partition coefficient (Wildman–Crippen LogP) is 2.73. The normalized spacial score (nSPS) is 28.1. The molecule has 0 saturated heterocycles. The van der Waals surface area contributed by atoms with Crippen molar-refractivity contribution in [2.75, 3.05) is 0 Å². The minimum absolute atomic E-state index is 0.0781. The van der Waals surface area contributed by atoms with Gasteiger partial charge in [-0.3, -0.25) is 4.79 Å². The molecule has 3 N–H and O–H groups in total. The van der Waals surface area contributed by atoms with Gasteiger partial charge in [0.1, 0.15) is 11.9 Å². The summed E-state index contributed by atoms with van der Waals surface area (Å²) in [4.78, 5) is 12.7. The minimum Gasteiger partial charge on any atom is -0.507 e. The van der Waals surface area contributed by atoms with Gasteiger partial charge >= 0.3 is 0 Å². The van der Waals surface area contributed by atoms with Crippen LogP contribution in [0.1, 0.15) is 54.6 Å². The number of rotatable bonds is 0. The van der Waals surface area contributed by atoms with E-state index >= 15 is 0 Å². The first-order chi connectivity index (χ1) is 11.3. The summed E-state index contributed by atoms with van der Waals surface area (Å²) in [6.45, 7) is 5.57. The molecule has 0 unspecified atom stereocenters. The third kappa shape index (κ3) is 1.82. The van der Waals surface area contributed by atoms with Crippen LogP contribution in [-0.2, 0) is 6.42 Å². The second-order valence-corrected chi connectivity index (χ2v) is 7.00. The fourth-order valence-corrected chi connectivity index (χ4v) is 4.17. The van der Waals surface area contributed by atoms with Crippen LogP contribution < -0.4 is 4.74 Å². The molecule has 0 spiro atoms. The number of aromatic hydroxyl groups is 2. The van der Waals surface area contributed by atoms with Gasteiger partial charge in [-0.15, -0.1) is 0 Å². The number of benzene rings is 1. The molecule has 1 heterocycles. The number of hydrogen-bond donors (Lipinski definition) is 3. The molecule has 1 aliphatic heterocycles. The zero-order valence-electron chi connectivity index (χ0n) is 13.9. The Morgan fingerprint density at radius 2 is 1.92 bits per heavy atom. The Bertz CT molecular complexity index is 846. The topological polar surface area (TPSA) is 87.0 Å². The average molecular weight is 328 g/mol. The van der Waals surface area contributed by atoms with Crippen molar-refractivity contribution in [2.45, 2.75) is 51.7 Å². The number of ether oxygens (including phenoxy) is 1. The molecule has 5 nitrogen and oxygen atoms in total. The first kappa shape index (κ1) is 15.3. The first-order valence-corrected chi connectivity index (χ1v) is 8.20. The summed E-state index contributed by atoms with van der Waals surface area (Å²) in [6.07, 6.45) is 1.56. The molecular formula is C19H20O5. The van der Waals surface area contributed by atoms with Crippen LogP contribution in [0.25, 0.3) is 0 Å². The molecule has 24 heavy (non-hydrogen) atoms. The van der Waals surface area contributed by atoms with Gasteiger partial charge in [-0.1, -0.05) is 0 Å². The van der Waals surface area contributed by atoms with E-state index in [1.54, 1.807) is 0 Å². The average Bonchev–Trinajstić information content (AvgIpc) is 2.93. The number of aliphatic hydroxyl groups is 1. The number of aliphatic hydroxyl groups excluding tert-OH is 1. The van der Waals surface area contributed by atoms with E-state index in [4.69, 9.17) is 4.74 Å². The highest BCUT2D eigenvalue weighted by atomic mass is 16.5. The molecule has 2 aliphatic carbocycles. The fourth-order valence-electron chi connectivity index (χ4n) is 4.17. The lowest BCUT2D eigenvalue weighted by Gasteiger charge is -2.35. The molecule has 3 atom stereocenters. The lowest BCUT2D eigenvalue weighted by Crippen LogP contribution is -2.27. The van der Waals surface area contributed by atoms with Crippen LogP contribution in [0.15, 0.2) is 22.8 Å². The zero-order valence-corrected chi connectivity index (χ0v) is 13.9. The Kier molecular flexibility index (Phi) is 3.09. The summed E-state index contributed by atoms with van der Waals surface area (Å²) in [6, 6.07) is 0. The molecular weight excluding hydrogens is 308 g/mol. The molecule has 0 aromatic heterocycles. The number of allylic oxidation sites excluding steroid dienone is 3. The van der Waals surface area contributed by atoms with Crippen LogP contribution in [0.4, 0.5) is 0 Å². The van der Waals surface area contributed by atoms with Gasteiger partial charge in [-0.05, 0) is 50.0 Å². The molecule has 0 fully saturated rings. The maximum Gasteiger partial charge on any atom is 0.190 e. The van der Waals surface area contributed by atoms with Gasteiger partial charge in [0, 0.05) is 23.5 Å². The van der Waals surface area contributed by atoms with E-state index in [-0.39, 0.29) is 40.6 Å². The maximum atomic E-state index is 12.7. The van der Waals surface area contributed by atoms with E-state index in [0.717, 1.165) is 16.7 Å². The van der Waals surface area contributed by atoms with E-state index in [2.05, 4.69) is 0 Å². The third-order valence-electron chi connectivity index (χ3n) is 5.59. The van der Waals surface area contributed by atoms with Gasteiger partial charge < -0.3 is 20.1 Å². The van der Waals surface area contributed by atoms with Crippen LogP contribution >= 0.6 is 0 Å². The van der Waals surface area contributed by atoms with E-state index in [1.165, 1.54) is 6.08 Å². The highest BCUT2D eigenvalue weighted by molar-refractivity contribution is 6.11. The van der Waals surface area contributed by atoms with Gasteiger partial charge in [0.15, 0.2) is 17.3 Å². The van der Waals surface area contributed by atoms with Gasteiger partial charge in [-0.25, -0.2) is 0 Å². The quantitative estimate of drug-likeness (QED) is 0.638. The molecule has 0 amide bonds. The zero-order chi connectivity index (χ0) is 17.3. The van der Waals surface area contributed by atoms with Crippen molar-refractivity contribution in [1.82, 2.24) is 0 Å². The van der Waals surface area contributed by atoms with Crippen molar-refractivity contribution in [3.05, 3.63) is 39.5 Å². The lowest BCUT2D eigenvalue weighted by atomic mass is 9.70. The van der Waals surface area contributed by atoms with E-state index in [0.29, 0.717) is 24.0 Å². The minimum atomic E-state index is -0.636. The first-order valence-electron chi connectivity index (χ1n) is 8.20. The van der Waals surface area contributed by atoms with E-state index in [1.807, 2.05) is 20.8 Å². The van der Waals surface area contributed by atoms with Crippen LogP contribution in [0, 0.1) is 0 Å². The second kappa shape index (κ2) is 4.86. The number of fused-ring (bicyclic) bond motifs is 4. The Labute approximate surface area is 139 Å².